The van der Waals surface area contributed by atoms with Crippen LogP contribution in [0.25, 0.3) is 0 Å². The molecule has 98 valence electrons. The second kappa shape index (κ2) is 5.59. The highest BCUT2D eigenvalue weighted by molar-refractivity contribution is 9.13. The van der Waals surface area contributed by atoms with Crippen molar-refractivity contribution in [2.45, 2.75) is 0 Å². The maximum atomic E-state index is 11.0. The summed E-state index contributed by atoms with van der Waals surface area (Å²) < 4.78 is 0.382. The zero-order valence-corrected chi connectivity index (χ0v) is 12.5. The maximum absolute atomic E-state index is 11.0. The Morgan fingerprint density at radius 2 is 1.78 bits per heavy atom. The zero-order chi connectivity index (χ0) is 14.0. The number of halogens is 2. The molecule has 1 rings (SSSR count). The Morgan fingerprint density at radius 1 is 1.22 bits per heavy atom. The van der Waals surface area contributed by atoms with Gasteiger partial charge in [-0.3, -0.25) is 20.2 Å². The van der Waals surface area contributed by atoms with Crippen LogP contribution in [0.1, 0.15) is 0 Å². The number of nitro benzene ring substituents is 2. The van der Waals surface area contributed by atoms with Crippen molar-refractivity contribution in [3.8, 4) is 0 Å². The summed E-state index contributed by atoms with van der Waals surface area (Å²) in [5, 5.41) is 23.3. The van der Waals surface area contributed by atoms with Crippen molar-refractivity contribution < 1.29 is 9.85 Å². The number of rotatable bonds is 4. The van der Waals surface area contributed by atoms with E-state index < -0.39 is 15.5 Å². The van der Waals surface area contributed by atoms with Gasteiger partial charge in [-0.2, -0.15) is 0 Å². The van der Waals surface area contributed by atoms with Gasteiger partial charge in [-0.25, -0.2) is 5.01 Å². The predicted molar refractivity (Wildman–Crippen MR) is 72.5 cm³/mol. The van der Waals surface area contributed by atoms with Gasteiger partial charge in [0.2, 0.25) is 5.69 Å². The standard InChI is InChI=1S/C8H8Br2N4O4/c1-12(2)11-7-5(13(15)16)3-4(9)6(10)8(7)14(17)18/h3,11H,1-2H3. The molecule has 0 aliphatic rings. The fourth-order valence-corrected chi connectivity index (χ4v) is 2.11. The second-order valence-corrected chi connectivity index (χ2v) is 5.08. The maximum Gasteiger partial charge on any atom is 0.316 e. The molecule has 0 bridgehead atoms. The van der Waals surface area contributed by atoms with Crippen LogP contribution in [0.3, 0.4) is 0 Å². The third-order valence-corrected chi connectivity index (χ3v) is 3.85. The quantitative estimate of drug-likeness (QED) is 0.633. The molecule has 0 radical (unpaired) electrons. The van der Waals surface area contributed by atoms with E-state index in [1.165, 1.54) is 11.1 Å². The minimum Gasteiger partial charge on any atom is -0.308 e. The average Bonchev–Trinajstić information content (AvgIpc) is 2.21. The van der Waals surface area contributed by atoms with Crippen LogP contribution in [-0.4, -0.2) is 29.0 Å². The number of hydrogen-bond acceptors (Lipinski definition) is 6. The molecule has 0 aromatic heterocycles. The van der Waals surface area contributed by atoms with Gasteiger partial charge in [0, 0.05) is 24.6 Å². The van der Waals surface area contributed by atoms with Crippen LogP contribution >= 0.6 is 31.9 Å². The van der Waals surface area contributed by atoms with E-state index in [4.69, 9.17) is 0 Å². The van der Waals surface area contributed by atoms with E-state index in [0.29, 0.717) is 0 Å². The first-order valence-electron chi connectivity index (χ1n) is 4.50. The first-order valence-corrected chi connectivity index (χ1v) is 6.09. The fraction of sp³-hybridized carbons (Fsp3) is 0.250. The lowest BCUT2D eigenvalue weighted by molar-refractivity contribution is -0.393. The zero-order valence-electron chi connectivity index (χ0n) is 9.31. The molecule has 18 heavy (non-hydrogen) atoms. The summed E-state index contributed by atoms with van der Waals surface area (Å²) in [4.78, 5) is 20.6. The Morgan fingerprint density at radius 3 is 2.17 bits per heavy atom. The average molecular weight is 384 g/mol. The largest absolute Gasteiger partial charge is 0.316 e. The molecule has 0 amide bonds. The van der Waals surface area contributed by atoms with Gasteiger partial charge in [0.05, 0.1) is 9.85 Å². The Hall–Kier alpha value is -1.26. The van der Waals surface area contributed by atoms with E-state index in [1.54, 1.807) is 14.1 Å². The molecule has 0 aliphatic carbocycles. The van der Waals surface area contributed by atoms with Gasteiger partial charge in [-0.1, -0.05) is 0 Å². The van der Waals surface area contributed by atoms with Crippen molar-refractivity contribution >= 4 is 48.9 Å². The molecule has 1 N–H and O–H groups in total. The molecule has 0 saturated carbocycles. The highest BCUT2D eigenvalue weighted by Gasteiger charge is 2.31. The Kier molecular flexibility index (Phi) is 4.59. The number of hydrazine groups is 1. The van der Waals surface area contributed by atoms with Crippen LogP contribution in [0.4, 0.5) is 17.1 Å². The molecular formula is C8H8Br2N4O4. The summed E-state index contributed by atoms with van der Waals surface area (Å²) in [7, 11) is 3.15. The van der Waals surface area contributed by atoms with E-state index in [1.807, 2.05) is 0 Å². The lowest BCUT2D eigenvalue weighted by atomic mass is 10.2. The highest BCUT2D eigenvalue weighted by Crippen LogP contribution is 2.44. The van der Waals surface area contributed by atoms with Crippen molar-refractivity contribution in [1.29, 1.82) is 0 Å². The van der Waals surface area contributed by atoms with Gasteiger partial charge in [-0.15, -0.1) is 0 Å². The number of nitrogens with one attached hydrogen (secondary N) is 1. The third kappa shape index (κ3) is 2.94. The van der Waals surface area contributed by atoms with Crippen molar-refractivity contribution in [3.05, 3.63) is 35.2 Å². The summed E-state index contributed by atoms with van der Waals surface area (Å²) >= 11 is 6.07. The number of nitrogens with zero attached hydrogens (tertiary/aromatic N) is 3. The molecule has 1 aromatic rings. The van der Waals surface area contributed by atoms with Crippen LogP contribution in [0.5, 0.6) is 0 Å². The summed E-state index contributed by atoms with van der Waals surface area (Å²) in [5.74, 6) is 0. The van der Waals surface area contributed by atoms with E-state index >= 15 is 0 Å². The summed E-state index contributed by atoms with van der Waals surface area (Å²) in [6.07, 6.45) is 0. The third-order valence-electron chi connectivity index (χ3n) is 1.89. The summed E-state index contributed by atoms with van der Waals surface area (Å²) in [5.41, 5.74) is 1.61. The molecule has 0 atom stereocenters. The van der Waals surface area contributed by atoms with Crippen LogP contribution in [-0.2, 0) is 0 Å². The first kappa shape index (κ1) is 14.8. The minimum atomic E-state index is -0.687. The van der Waals surface area contributed by atoms with Crippen molar-refractivity contribution in [1.82, 2.24) is 5.01 Å². The van der Waals surface area contributed by atoms with Crippen LogP contribution < -0.4 is 5.43 Å². The molecule has 0 unspecified atom stereocenters. The molecule has 0 aliphatic heterocycles. The Bertz CT molecular complexity index is 520. The number of benzene rings is 1. The normalized spacial score (nSPS) is 10.5. The molecule has 8 nitrogen and oxygen atoms in total. The molecular weight excluding hydrogens is 376 g/mol. The lowest BCUT2D eigenvalue weighted by Crippen LogP contribution is -2.21. The van der Waals surface area contributed by atoms with Crippen LogP contribution in [0.2, 0.25) is 0 Å². The Labute approximate surface area is 118 Å². The first-order chi connectivity index (χ1) is 8.25. The van der Waals surface area contributed by atoms with Gasteiger partial charge in [-0.05, 0) is 31.9 Å². The van der Waals surface area contributed by atoms with Crippen molar-refractivity contribution in [2.75, 3.05) is 19.5 Å². The summed E-state index contributed by atoms with van der Waals surface area (Å²) in [6.45, 7) is 0. The van der Waals surface area contributed by atoms with Gasteiger partial charge < -0.3 is 5.43 Å². The molecule has 10 heteroatoms. The van der Waals surface area contributed by atoms with Crippen molar-refractivity contribution in [3.63, 3.8) is 0 Å². The topological polar surface area (TPSA) is 102 Å². The number of hydrogen-bond donors (Lipinski definition) is 1. The van der Waals surface area contributed by atoms with Gasteiger partial charge in [0.15, 0.2) is 0 Å². The monoisotopic (exact) mass is 382 g/mol. The number of anilines is 1. The van der Waals surface area contributed by atoms with Crippen molar-refractivity contribution in [2.24, 2.45) is 0 Å². The SMILES string of the molecule is CN(C)Nc1c([N+](=O)[O-])cc(Br)c(Br)c1[N+](=O)[O-]. The summed E-state index contributed by atoms with van der Waals surface area (Å²) in [6, 6.07) is 1.20. The van der Waals surface area contributed by atoms with Gasteiger partial charge in [0.25, 0.3) is 0 Å². The van der Waals surface area contributed by atoms with E-state index in [-0.39, 0.29) is 20.3 Å². The number of nitro groups is 2. The Balaban J connectivity index is 3.63. The smallest absolute Gasteiger partial charge is 0.308 e. The highest BCUT2D eigenvalue weighted by atomic mass is 79.9. The van der Waals surface area contributed by atoms with E-state index in [2.05, 4.69) is 37.3 Å². The molecule has 0 spiro atoms. The molecule has 0 fully saturated rings. The van der Waals surface area contributed by atoms with E-state index in [0.717, 1.165) is 0 Å². The van der Waals surface area contributed by atoms with E-state index in [9.17, 15) is 20.2 Å². The second-order valence-electron chi connectivity index (χ2n) is 3.44. The van der Waals surface area contributed by atoms with Gasteiger partial charge >= 0.3 is 11.4 Å². The lowest BCUT2D eigenvalue weighted by Gasteiger charge is -2.14. The fourth-order valence-electron chi connectivity index (χ4n) is 1.25. The molecule has 0 saturated heterocycles. The predicted octanol–water partition coefficient (Wildman–Crippen LogP) is 2.92. The van der Waals surface area contributed by atoms with Crippen LogP contribution in [0.15, 0.2) is 15.0 Å². The van der Waals surface area contributed by atoms with Gasteiger partial charge in [0.1, 0.15) is 4.47 Å². The molecule has 1 aromatic carbocycles. The van der Waals surface area contributed by atoms with Crippen LogP contribution in [0, 0.1) is 20.2 Å². The molecule has 0 heterocycles. The minimum absolute atomic E-state index is 0.141.